The molecule has 0 saturated heterocycles. The van der Waals surface area contributed by atoms with Crippen molar-refractivity contribution in [3.63, 3.8) is 0 Å². The van der Waals surface area contributed by atoms with Gasteiger partial charge in [-0.15, -0.1) is 11.8 Å². The van der Waals surface area contributed by atoms with E-state index in [1.807, 2.05) is 11.8 Å². The number of rotatable bonds is 2. The van der Waals surface area contributed by atoms with Gasteiger partial charge < -0.3 is 0 Å². The minimum Gasteiger partial charge on any atom is -0.279 e. The zero-order valence-electron chi connectivity index (χ0n) is 6.05. The molecule has 0 fully saturated rings. The Balaban J connectivity index is 2.40. The van der Waals surface area contributed by atoms with Gasteiger partial charge >= 0.3 is 0 Å². The number of hydrogen-bond donors (Lipinski definition) is 0. The van der Waals surface area contributed by atoms with Gasteiger partial charge in [0, 0.05) is 5.75 Å². The van der Waals surface area contributed by atoms with Crippen molar-refractivity contribution in [3.05, 3.63) is 0 Å². The van der Waals surface area contributed by atoms with Crippen molar-refractivity contribution in [1.29, 1.82) is 0 Å². The predicted octanol–water partition coefficient (Wildman–Crippen LogP) is 2.32. The van der Waals surface area contributed by atoms with E-state index < -0.39 is 0 Å². The molecule has 2 heteroatoms. The Hall–Kier alpha value is 0.0200. The number of aliphatic imine (C=N–C) groups is 1. The van der Waals surface area contributed by atoms with Gasteiger partial charge in [0.25, 0.3) is 0 Å². The van der Waals surface area contributed by atoms with Crippen LogP contribution in [0, 0.1) is 0 Å². The van der Waals surface area contributed by atoms with E-state index >= 15 is 0 Å². The Kier molecular flexibility index (Phi) is 2.58. The van der Waals surface area contributed by atoms with E-state index in [0.717, 1.165) is 6.42 Å². The second kappa shape index (κ2) is 3.25. The molecular formula is C7H13NS. The molecule has 1 rings (SSSR count). The monoisotopic (exact) mass is 143 g/mol. The highest BCUT2D eigenvalue weighted by Gasteiger charge is 2.13. The molecule has 0 radical (unpaired) electrons. The summed E-state index contributed by atoms with van der Waals surface area (Å²) in [6.45, 7) is 4.37. The van der Waals surface area contributed by atoms with E-state index in [-0.39, 0.29) is 0 Å². The molecule has 1 heterocycles. The van der Waals surface area contributed by atoms with Crippen molar-refractivity contribution in [2.45, 2.75) is 32.7 Å². The van der Waals surface area contributed by atoms with Crippen LogP contribution in [0.15, 0.2) is 4.99 Å². The highest BCUT2D eigenvalue weighted by molar-refractivity contribution is 8.14. The normalized spacial score (nSPS) is 26.4. The summed E-state index contributed by atoms with van der Waals surface area (Å²) in [6.07, 6.45) is 2.33. The Labute approximate surface area is 60.9 Å². The van der Waals surface area contributed by atoms with Crippen molar-refractivity contribution in [3.8, 4) is 0 Å². The average molecular weight is 143 g/mol. The minimum absolute atomic E-state index is 0.630. The largest absolute Gasteiger partial charge is 0.279 e. The van der Waals surface area contributed by atoms with E-state index in [1.54, 1.807) is 0 Å². The van der Waals surface area contributed by atoms with Crippen LogP contribution in [0.2, 0.25) is 0 Å². The third-order valence-electron chi connectivity index (χ3n) is 1.54. The Morgan fingerprint density at radius 1 is 1.67 bits per heavy atom. The second-order valence-electron chi connectivity index (χ2n) is 2.25. The van der Waals surface area contributed by atoms with Crippen molar-refractivity contribution in [1.82, 2.24) is 0 Å². The maximum absolute atomic E-state index is 4.50. The lowest BCUT2D eigenvalue weighted by atomic mass is 10.3. The fourth-order valence-electron chi connectivity index (χ4n) is 0.873. The SMILES string of the molecule is CCC1=NC(CC)CS1. The molecule has 1 nitrogen and oxygen atoms in total. The van der Waals surface area contributed by atoms with Gasteiger partial charge in [-0.1, -0.05) is 13.8 Å². The van der Waals surface area contributed by atoms with Crippen LogP contribution < -0.4 is 0 Å². The summed E-state index contributed by atoms with van der Waals surface area (Å²) in [4.78, 5) is 4.50. The molecule has 1 aliphatic heterocycles. The zero-order chi connectivity index (χ0) is 6.69. The first-order chi connectivity index (χ1) is 4.36. The Morgan fingerprint density at radius 2 is 2.44 bits per heavy atom. The molecule has 52 valence electrons. The van der Waals surface area contributed by atoms with Gasteiger partial charge in [-0.2, -0.15) is 0 Å². The summed E-state index contributed by atoms with van der Waals surface area (Å²) < 4.78 is 0. The number of hydrogen-bond acceptors (Lipinski definition) is 2. The van der Waals surface area contributed by atoms with E-state index in [2.05, 4.69) is 18.8 Å². The molecule has 1 atom stereocenters. The van der Waals surface area contributed by atoms with Gasteiger partial charge in [0.05, 0.1) is 11.1 Å². The molecule has 0 aliphatic carbocycles. The molecule has 0 spiro atoms. The maximum Gasteiger partial charge on any atom is 0.0677 e. The van der Waals surface area contributed by atoms with Crippen LogP contribution in [0.3, 0.4) is 0 Å². The van der Waals surface area contributed by atoms with E-state index in [0.29, 0.717) is 6.04 Å². The molecule has 0 bridgehead atoms. The molecule has 0 aromatic carbocycles. The van der Waals surface area contributed by atoms with Gasteiger partial charge in [0.15, 0.2) is 0 Å². The highest BCUT2D eigenvalue weighted by atomic mass is 32.2. The number of thioether (sulfide) groups is 1. The van der Waals surface area contributed by atoms with Gasteiger partial charge in [0.1, 0.15) is 0 Å². The van der Waals surface area contributed by atoms with Crippen LogP contribution in [-0.4, -0.2) is 16.8 Å². The van der Waals surface area contributed by atoms with Crippen LogP contribution >= 0.6 is 11.8 Å². The Bertz CT molecular complexity index is 120. The van der Waals surface area contributed by atoms with Crippen molar-refractivity contribution in [2.75, 3.05) is 5.75 Å². The molecule has 9 heavy (non-hydrogen) atoms. The average Bonchev–Trinajstić information content (AvgIpc) is 2.34. The first-order valence-electron chi connectivity index (χ1n) is 3.56. The molecule has 0 aromatic rings. The molecule has 1 aliphatic rings. The molecular weight excluding hydrogens is 130 g/mol. The topological polar surface area (TPSA) is 12.4 Å². The van der Waals surface area contributed by atoms with E-state index in [9.17, 15) is 0 Å². The summed E-state index contributed by atoms with van der Waals surface area (Å²) in [6, 6.07) is 0.630. The fourth-order valence-corrected chi connectivity index (χ4v) is 2.00. The van der Waals surface area contributed by atoms with Crippen molar-refractivity contribution in [2.24, 2.45) is 4.99 Å². The van der Waals surface area contributed by atoms with Gasteiger partial charge in [-0.25, -0.2) is 0 Å². The number of nitrogens with zero attached hydrogens (tertiary/aromatic N) is 1. The van der Waals surface area contributed by atoms with Crippen LogP contribution in [0.5, 0.6) is 0 Å². The third kappa shape index (κ3) is 1.71. The predicted molar refractivity (Wildman–Crippen MR) is 44.3 cm³/mol. The molecule has 0 saturated carbocycles. The third-order valence-corrected chi connectivity index (χ3v) is 2.82. The minimum atomic E-state index is 0.630. The molecule has 0 amide bonds. The van der Waals surface area contributed by atoms with E-state index in [1.165, 1.54) is 17.2 Å². The van der Waals surface area contributed by atoms with Gasteiger partial charge in [-0.3, -0.25) is 4.99 Å². The lowest BCUT2D eigenvalue weighted by Crippen LogP contribution is -1.99. The first-order valence-corrected chi connectivity index (χ1v) is 4.54. The lowest BCUT2D eigenvalue weighted by Gasteiger charge is -1.96. The maximum atomic E-state index is 4.50. The van der Waals surface area contributed by atoms with Crippen molar-refractivity contribution >= 4 is 16.8 Å². The standard InChI is InChI=1S/C7H13NS/c1-3-6-5-9-7(4-2)8-6/h6H,3-5H2,1-2H3. The smallest absolute Gasteiger partial charge is 0.0677 e. The summed E-state index contributed by atoms with van der Waals surface area (Å²) in [5, 5.41) is 1.35. The second-order valence-corrected chi connectivity index (χ2v) is 3.34. The van der Waals surface area contributed by atoms with Crippen molar-refractivity contribution < 1.29 is 0 Å². The van der Waals surface area contributed by atoms with Crippen LogP contribution in [0.25, 0.3) is 0 Å². The van der Waals surface area contributed by atoms with Crippen LogP contribution in [0.1, 0.15) is 26.7 Å². The van der Waals surface area contributed by atoms with Crippen LogP contribution in [-0.2, 0) is 0 Å². The summed E-state index contributed by atoms with van der Waals surface area (Å²) in [7, 11) is 0. The Morgan fingerprint density at radius 3 is 2.78 bits per heavy atom. The molecule has 0 aromatic heterocycles. The van der Waals surface area contributed by atoms with E-state index in [4.69, 9.17) is 0 Å². The summed E-state index contributed by atoms with van der Waals surface area (Å²) in [5.41, 5.74) is 0. The van der Waals surface area contributed by atoms with Gasteiger partial charge in [0.2, 0.25) is 0 Å². The molecule has 1 unspecified atom stereocenters. The zero-order valence-corrected chi connectivity index (χ0v) is 6.87. The van der Waals surface area contributed by atoms with Crippen LogP contribution in [0.4, 0.5) is 0 Å². The highest BCUT2D eigenvalue weighted by Crippen LogP contribution is 2.21. The fraction of sp³-hybridized carbons (Fsp3) is 0.857. The summed E-state index contributed by atoms with van der Waals surface area (Å²) in [5.74, 6) is 1.22. The quantitative estimate of drug-likeness (QED) is 0.578. The van der Waals surface area contributed by atoms with Gasteiger partial charge in [-0.05, 0) is 12.8 Å². The summed E-state index contributed by atoms with van der Waals surface area (Å²) >= 11 is 1.93. The molecule has 0 N–H and O–H groups in total. The lowest BCUT2D eigenvalue weighted by molar-refractivity contribution is 0.736. The first kappa shape index (κ1) is 7.13.